The molecule has 0 amide bonds. The molecule has 0 aliphatic heterocycles. The van der Waals surface area contributed by atoms with Crippen LogP contribution in [0.5, 0.6) is 0 Å². The summed E-state index contributed by atoms with van der Waals surface area (Å²) in [6.45, 7) is 10.6. The number of rotatable bonds is 4. The maximum atomic E-state index is 12.6. The summed E-state index contributed by atoms with van der Waals surface area (Å²) in [4.78, 5) is 18.1. The van der Waals surface area contributed by atoms with E-state index < -0.39 is 0 Å². The molecule has 4 heteroatoms. The van der Waals surface area contributed by atoms with E-state index in [9.17, 15) is 4.79 Å². The number of carbonyl (C=O) groups is 1. The summed E-state index contributed by atoms with van der Waals surface area (Å²) in [7, 11) is 0. The quantitative estimate of drug-likeness (QED) is 0.449. The van der Waals surface area contributed by atoms with Gasteiger partial charge in [-0.2, -0.15) is 0 Å². The molecule has 4 aliphatic rings. The fraction of sp³-hybridized carbons (Fsp3) is 0.826. The molecular formula is C23H36N2O2. The van der Waals surface area contributed by atoms with Crippen molar-refractivity contribution >= 4 is 11.5 Å². The highest BCUT2D eigenvalue weighted by atomic mass is 16.6. The number of nitrogens with two attached hydrogens (primary N) is 1. The van der Waals surface area contributed by atoms with Crippen LogP contribution in [0.25, 0.3) is 0 Å². The van der Waals surface area contributed by atoms with Crippen molar-refractivity contribution in [1.82, 2.24) is 0 Å². The predicted octanol–water partition coefficient (Wildman–Crippen LogP) is 4.49. The van der Waals surface area contributed by atoms with E-state index in [4.69, 9.17) is 10.6 Å². The lowest BCUT2D eigenvalue weighted by atomic mass is 9.44. The molecule has 0 aromatic carbocycles. The number of fused-ring (bicyclic) bond motifs is 5. The van der Waals surface area contributed by atoms with Gasteiger partial charge in [-0.1, -0.05) is 31.2 Å². The van der Waals surface area contributed by atoms with Crippen LogP contribution in [-0.4, -0.2) is 24.6 Å². The van der Waals surface area contributed by atoms with Crippen molar-refractivity contribution in [2.24, 2.45) is 45.4 Å². The summed E-state index contributed by atoms with van der Waals surface area (Å²) in [6.07, 6.45) is 9.38. The molecule has 0 radical (unpaired) electrons. The molecule has 4 aliphatic carbocycles. The fourth-order valence-corrected chi connectivity index (χ4v) is 7.07. The number of allylic oxidation sites excluding steroid dienone is 1. The van der Waals surface area contributed by atoms with Gasteiger partial charge in [-0.15, -0.1) is 0 Å². The highest BCUT2D eigenvalue weighted by Gasteiger charge is 2.61. The van der Waals surface area contributed by atoms with Crippen molar-refractivity contribution in [3.05, 3.63) is 12.2 Å². The average Bonchev–Trinajstić information content (AvgIpc) is 2.95. The molecule has 4 fully saturated rings. The van der Waals surface area contributed by atoms with Gasteiger partial charge in [-0.3, -0.25) is 4.79 Å². The average molecular weight is 373 g/mol. The largest absolute Gasteiger partial charge is 0.396 e. The van der Waals surface area contributed by atoms with Crippen molar-refractivity contribution in [3.8, 4) is 0 Å². The van der Waals surface area contributed by atoms with Gasteiger partial charge < -0.3 is 10.6 Å². The SMILES string of the molecule is C=C1CC2CC(=NOCCCN)CC[C@]2(C)[C@H]2CC[C@]3(C)C(=O)CC[C@H]3[C@H]12. The normalized spacial score (nSPS) is 45.4. The molecule has 0 spiro atoms. The Hall–Kier alpha value is -1.16. The first-order valence-electron chi connectivity index (χ1n) is 11.0. The summed E-state index contributed by atoms with van der Waals surface area (Å²) in [5.41, 5.74) is 8.44. The molecule has 0 heterocycles. The first-order chi connectivity index (χ1) is 12.9. The molecule has 0 aromatic heterocycles. The Morgan fingerprint density at radius 1 is 1.19 bits per heavy atom. The van der Waals surface area contributed by atoms with Gasteiger partial charge >= 0.3 is 0 Å². The lowest BCUT2D eigenvalue weighted by molar-refractivity contribution is -0.133. The molecule has 150 valence electrons. The zero-order chi connectivity index (χ0) is 19.2. The molecule has 0 aromatic rings. The topological polar surface area (TPSA) is 64.7 Å². The monoisotopic (exact) mass is 372 g/mol. The Balaban J connectivity index is 1.52. The van der Waals surface area contributed by atoms with Gasteiger partial charge in [-0.05, 0) is 87.0 Å². The Bertz CT molecular complexity index is 657. The number of carbonyl (C=O) groups excluding carboxylic acids is 1. The molecule has 27 heavy (non-hydrogen) atoms. The maximum Gasteiger partial charge on any atom is 0.139 e. The highest BCUT2D eigenvalue weighted by molar-refractivity contribution is 5.87. The molecule has 2 N–H and O–H groups in total. The summed E-state index contributed by atoms with van der Waals surface area (Å²) in [5.74, 6) is 2.91. The van der Waals surface area contributed by atoms with Gasteiger partial charge in [0, 0.05) is 11.8 Å². The van der Waals surface area contributed by atoms with Crippen molar-refractivity contribution in [2.75, 3.05) is 13.2 Å². The minimum absolute atomic E-state index is 0.0780. The van der Waals surface area contributed by atoms with Gasteiger partial charge in [0.25, 0.3) is 0 Å². The number of oxime groups is 1. The van der Waals surface area contributed by atoms with Crippen LogP contribution < -0.4 is 5.73 Å². The lowest BCUT2D eigenvalue weighted by Gasteiger charge is -2.60. The number of Topliss-reactive ketones (excluding diaryl/α,β-unsaturated/α-hetero) is 1. The zero-order valence-corrected chi connectivity index (χ0v) is 17.1. The molecule has 0 bridgehead atoms. The molecule has 0 saturated heterocycles. The lowest BCUT2D eigenvalue weighted by Crippen LogP contribution is -2.54. The third kappa shape index (κ3) is 2.99. The van der Waals surface area contributed by atoms with Crippen LogP contribution >= 0.6 is 0 Å². The van der Waals surface area contributed by atoms with E-state index in [0.29, 0.717) is 48.0 Å². The smallest absolute Gasteiger partial charge is 0.139 e. The third-order valence-electron chi connectivity index (χ3n) is 8.81. The molecule has 4 rings (SSSR count). The number of hydrogen-bond donors (Lipinski definition) is 1. The Morgan fingerprint density at radius 3 is 2.78 bits per heavy atom. The number of ketones is 1. The first kappa shape index (κ1) is 19.2. The Kier molecular flexibility index (Phi) is 4.99. The molecule has 1 unspecified atom stereocenters. The van der Waals surface area contributed by atoms with E-state index in [2.05, 4.69) is 25.6 Å². The molecule has 6 atom stereocenters. The third-order valence-corrected chi connectivity index (χ3v) is 8.81. The molecule has 4 saturated carbocycles. The highest BCUT2D eigenvalue weighted by Crippen LogP contribution is 2.66. The van der Waals surface area contributed by atoms with E-state index in [1.165, 1.54) is 24.1 Å². The minimum atomic E-state index is -0.0780. The molecular weight excluding hydrogens is 336 g/mol. The van der Waals surface area contributed by atoms with E-state index in [-0.39, 0.29) is 5.41 Å². The van der Waals surface area contributed by atoms with Crippen LogP contribution in [0.3, 0.4) is 0 Å². The van der Waals surface area contributed by atoms with Crippen LogP contribution in [-0.2, 0) is 9.63 Å². The van der Waals surface area contributed by atoms with Gasteiger partial charge in [0.05, 0.1) is 5.71 Å². The van der Waals surface area contributed by atoms with Crippen LogP contribution in [0.15, 0.2) is 17.3 Å². The van der Waals surface area contributed by atoms with Gasteiger partial charge in [-0.25, -0.2) is 0 Å². The standard InChI is InChI=1S/C23H36N2O2/c1-15-13-16-14-17(25-27-12-4-11-24)7-9-22(16,2)19-8-10-23(3)18(21(15)19)5-6-20(23)26/h16,18-19,21H,1,4-14,24H2,2-3H3/t16?,18-,19-,21-,22-,23-/m0/s1. The second-order valence-corrected chi connectivity index (χ2v) is 10.1. The van der Waals surface area contributed by atoms with Crippen LogP contribution in [0.1, 0.15) is 71.6 Å². The van der Waals surface area contributed by atoms with Crippen molar-refractivity contribution < 1.29 is 9.63 Å². The second kappa shape index (κ2) is 7.02. The summed E-state index contributed by atoms with van der Waals surface area (Å²) in [6, 6.07) is 0. The van der Waals surface area contributed by atoms with Crippen molar-refractivity contribution in [1.29, 1.82) is 0 Å². The summed E-state index contributed by atoms with van der Waals surface area (Å²) in [5, 5.41) is 4.43. The summed E-state index contributed by atoms with van der Waals surface area (Å²) < 4.78 is 0. The maximum absolute atomic E-state index is 12.6. The van der Waals surface area contributed by atoms with Gasteiger partial charge in [0.1, 0.15) is 12.4 Å². The first-order valence-corrected chi connectivity index (χ1v) is 11.0. The number of hydrogen-bond acceptors (Lipinski definition) is 4. The van der Waals surface area contributed by atoms with E-state index in [1.807, 2.05) is 0 Å². The van der Waals surface area contributed by atoms with Crippen LogP contribution in [0, 0.1) is 34.5 Å². The van der Waals surface area contributed by atoms with Crippen LogP contribution in [0.4, 0.5) is 0 Å². The zero-order valence-electron chi connectivity index (χ0n) is 17.1. The fourth-order valence-electron chi connectivity index (χ4n) is 7.07. The Morgan fingerprint density at radius 2 is 2.00 bits per heavy atom. The minimum Gasteiger partial charge on any atom is -0.396 e. The van der Waals surface area contributed by atoms with Crippen molar-refractivity contribution in [2.45, 2.75) is 71.6 Å². The van der Waals surface area contributed by atoms with Crippen molar-refractivity contribution in [3.63, 3.8) is 0 Å². The van der Waals surface area contributed by atoms with E-state index in [0.717, 1.165) is 44.9 Å². The Labute approximate surface area is 164 Å². The van der Waals surface area contributed by atoms with E-state index >= 15 is 0 Å². The number of nitrogens with zero attached hydrogens (tertiary/aromatic N) is 1. The predicted molar refractivity (Wildman–Crippen MR) is 108 cm³/mol. The van der Waals surface area contributed by atoms with Crippen LogP contribution in [0.2, 0.25) is 0 Å². The van der Waals surface area contributed by atoms with Gasteiger partial charge in [0.15, 0.2) is 0 Å². The second-order valence-electron chi connectivity index (χ2n) is 10.1. The van der Waals surface area contributed by atoms with Gasteiger partial charge in [0.2, 0.25) is 0 Å². The molecule has 4 nitrogen and oxygen atoms in total. The van der Waals surface area contributed by atoms with E-state index in [1.54, 1.807) is 0 Å². The summed E-state index contributed by atoms with van der Waals surface area (Å²) >= 11 is 0.